The predicted molar refractivity (Wildman–Crippen MR) is 69.3 cm³/mol. The topological polar surface area (TPSA) is 60.9 Å². The van der Waals surface area contributed by atoms with Crippen molar-refractivity contribution in [2.75, 3.05) is 27.2 Å². The molecular weight excluding hydrogens is 232 g/mol. The molecule has 1 fully saturated rings. The molecule has 5 heteroatoms. The number of carbonyl (C=O) groups is 2. The molecule has 2 unspecified atom stereocenters. The number of carboxylic acids is 1. The van der Waals surface area contributed by atoms with E-state index in [1.807, 2.05) is 6.92 Å². The van der Waals surface area contributed by atoms with Gasteiger partial charge < -0.3 is 10.0 Å². The van der Waals surface area contributed by atoms with Gasteiger partial charge in [-0.15, -0.1) is 0 Å². The fourth-order valence-electron chi connectivity index (χ4n) is 2.54. The Kier molecular flexibility index (Phi) is 5.59. The summed E-state index contributed by atoms with van der Waals surface area (Å²) in [6, 6.07) is -0.104. The Morgan fingerprint density at radius 2 is 2.11 bits per heavy atom. The first-order valence-electron chi connectivity index (χ1n) is 6.58. The molecular formula is C13H24N2O3. The number of aliphatic carboxylic acids is 1. The molecule has 1 heterocycles. The normalized spacial score (nSPS) is 22.5. The van der Waals surface area contributed by atoms with E-state index in [1.165, 1.54) is 0 Å². The van der Waals surface area contributed by atoms with Crippen LogP contribution >= 0.6 is 0 Å². The Morgan fingerprint density at radius 1 is 1.44 bits per heavy atom. The highest BCUT2D eigenvalue weighted by molar-refractivity contribution is 5.80. The van der Waals surface area contributed by atoms with Crippen molar-refractivity contribution in [3.63, 3.8) is 0 Å². The van der Waals surface area contributed by atoms with E-state index in [-0.39, 0.29) is 18.4 Å². The number of nitrogens with zero attached hydrogens (tertiary/aromatic N) is 2. The van der Waals surface area contributed by atoms with Crippen LogP contribution < -0.4 is 0 Å². The van der Waals surface area contributed by atoms with Gasteiger partial charge in [0.25, 0.3) is 0 Å². The number of likely N-dealkylation sites (N-methyl/N-ethyl adjacent to an activating group) is 1. The smallest absolute Gasteiger partial charge is 0.303 e. The van der Waals surface area contributed by atoms with Gasteiger partial charge in [0.15, 0.2) is 0 Å². The van der Waals surface area contributed by atoms with Crippen LogP contribution in [0.4, 0.5) is 0 Å². The molecule has 0 spiro atoms. The molecule has 0 bridgehead atoms. The first-order valence-corrected chi connectivity index (χ1v) is 6.58. The SMILES string of the molecule is CC(C(=O)N(C)C)N1CCCC(CCC(=O)O)C1. The van der Waals surface area contributed by atoms with Crippen molar-refractivity contribution in [1.82, 2.24) is 9.80 Å². The van der Waals surface area contributed by atoms with Gasteiger partial charge in [-0.3, -0.25) is 14.5 Å². The minimum atomic E-state index is -0.732. The summed E-state index contributed by atoms with van der Waals surface area (Å²) in [5.41, 5.74) is 0. The number of rotatable bonds is 5. The summed E-state index contributed by atoms with van der Waals surface area (Å²) >= 11 is 0. The van der Waals surface area contributed by atoms with Crippen LogP contribution in [-0.4, -0.2) is 60.0 Å². The molecule has 5 nitrogen and oxygen atoms in total. The standard InChI is InChI=1S/C13H24N2O3/c1-10(13(18)14(2)3)15-8-4-5-11(9-15)6-7-12(16)17/h10-11H,4-9H2,1-3H3,(H,16,17). The van der Waals surface area contributed by atoms with Crippen LogP contribution in [0.1, 0.15) is 32.6 Å². The lowest BCUT2D eigenvalue weighted by Crippen LogP contribution is -2.48. The molecule has 0 aromatic rings. The van der Waals surface area contributed by atoms with E-state index in [0.717, 1.165) is 25.9 Å². The Hall–Kier alpha value is -1.10. The maximum atomic E-state index is 11.9. The van der Waals surface area contributed by atoms with Crippen molar-refractivity contribution in [3.05, 3.63) is 0 Å². The highest BCUT2D eigenvalue weighted by atomic mass is 16.4. The van der Waals surface area contributed by atoms with E-state index in [9.17, 15) is 9.59 Å². The van der Waals surface area contributed by atoms with Gasteiger partial charge in [-0.2, -0.15) is 0 Å². The number of piperidine rings is 1. The zero-order chi connectivity index (χ0) is 13.7. The summed E-state index contributed by atoms with van der Waals surface area (Å²) in [6.45, 7) is 3.71. The van der Waals surface area contributed by atoms with Gasteiger partial charge in [-0.05, 0) is 38.6 Å². The van der Waals surface area contributed by atoms with Gasteiger partial charge >= 0.3 is 5.97 Å². The van der Waals surface area contributed by atoms with Crippen molar-refractivity contribution in [3.8, 4) is 0 Å². The first-order chi connectivity index (χ1) is 8.41. The Labute approximate surface area is 109 Å². The summed E-state index contributed by atoms with van der Waals surface area (Å²) in [5.74, 6) is -0.203. The number of carbonyl (C=O) groups excluding carboxylic acids is 1. The van der Waals surface area contributed by atoms with Crippen LogP contribution in [0.15, 0.2) is 0 Å². The molecule has 0 aromatic carbocycles. The lowest BCUT2D eigenvalue weighted by molar-refractivity contribution is -0.138. The fourth-order valence-corrected chi connectivity index (χ4v) is 2.54. The van der Waals surface area contributed by atoms with Crippen LogP contribution in [-0.2, 0) is 9.59 Å². The van der Waals surface area contributed by atoms with Crippen LogP contribution in [0.25, 0.3) is 0 Å². The summed E-state index contributed by atoms with van der Waals surface area (Å²) in [6.07, 6.45) is 3.07. The van der Waals surface area contributed by atoms with E-state index in [0.29, 0.717) is 12.3 Å². The third kappa shape index (κ3) is 4.29. The maximum absolute atomic E-state index is 11.9. The number of likely N-dealkylation sites (tertiary alicyclic amines) is 1. The monoisotopic (exact) mass is 256 g/mol. The molecule has 0 saturated carbocycles. The zero-order valence-corrected chi connectivity index (χ0v) is 11.6. The van der Waals surface area contributed by atoms with E-state index < -0.39 is 5.97 Å². The van der Waals surface area contributed by atoms with E-state index >= 15 is 0 Å². The van der Waals surface area contributed by atoms with Gasteiger partial charge in [-0.25, -0.2) is 0 Å². The van der Waals surface area contributed by atoms with Crippen molar-refractivity contribution in [2.24, 2.45) is 5.92 Å². The summed E-state index contributed by atoms with van der Waals surface area (Å²) in [4.78, 5) is 26.3. The second-order valence-corrected chi connectivity index (χ2v) is 5.34. The molecule has 1 aliphatic rings. The van der Waals surface area contributed by atoms with Crippen LogP contribution in [0.2, 0.25) is 0 Å². The van der Waals surface area contributed by atoms with Crippen molar-refractivity contribution in [1.29, 1.82) is 0 Å². The van der Waals surface area contributed by atoms with Gasteiger partial charge in [0, 0.05) is 27.1 Å². The third-order valence-electron chi connectivity index (χ3n) is 3.66. The van der Waals surface area contributed by atoms with Crippen LogP contribution in [0.5, 0.6) is 0 Å². The first kappa shape index (κ1) is 15.0. The molecule has 18 heavy (non-hydrogen) atoms. The fraction of sp³-hybridized carbons (Fsp3) is 0.846. The molecule has 104 valence electrons. The highest BCUT2D eigenvalue weighted by Crippen LogP contribution is 2.22. The number of hydrogen-bond donors (Lipinski definition) is 1. The predicted octanol–water partition coefficient (Wildman–Crippen LogP) is 1.04. The summed E-state index contributed by atoms with van der Waals surface area (Å²) in [5, 5.41) is 8.71. The molecule has 1 aliphatic heterocycles. The maximum Gasteiger partial charge on any atom is 0.303 e. The Balaban J connectivity index is 2.47. The number of carboxylic acid groups (broad SMARTS) is 1. The average Bonchev–Trinajstić information content (AvgIpc) is 2.34. The molecule has 1 amide bonds. The average molecular weight is 256 g/mol. The molecule has 0 aliphatic carbocycles. The summed E-state index contributed by atoms with van der Waals surface area (Å²) < 4.78 is 0. The highest BCUT2D eigenvalue weighted by Gasteiger charge is 2.28. The molecule has 1 N–H and O–H groups in total. The van der Waals surface area contributed by atoms with Crippen LogP contribution in [0.3, 0.4) is 0 Å². The van der Waals surface area contributed by atoms with Gasteiger partial charge in [0.2, 0.25) is 5.91 Å². The lowest BCUT2D eigenvalue weighted by Gasteiger charge is -2.36. The van der Waals surface area contributed by atoms with E-state index in [1.54, 1.807) is 19.0 Å². The number of amides is 1. The van der Waals surface area contributed by atoms with Crippen molar-refractivity contribution < 1.29 is 14.7 Å². The van der Waals surface area contributed by atoms with Crippen molar-refractivity contribution in [2.45, 2.75) is 38.6 Å². The largest absolute Gasteiger partial charge is 0.481 e. The van der Waals surface area contributed by atoms with Gasteiger partial charge in [0.05, 0.1) is 6.04 Å². The Morgan fingerprint density at radius 3 is 2.67 bits per heavy atom. The molecule has 0 aromatic heterocycles. The van der Waals surface area contributed by atoms with Gasteiger partial charge in [0.1, 0.15) is 0 Å². The minimum absolute atomic E-state index is 0.104. The molecule has 0 radical (unpaired) electrons. The third-order valence-corrected chi connectivity index (χ3v) is 3.66. The van der Waals surface area contributed by atoms with Gasteiger partial charge in [-0.1, -0.05) is 0 Å². The Bertz CT molecular complexity index is 305. The molecule has 2 atom stereocenters. The van der Waals surface area contributed by atoms with E-state index in [2.05, 4.69) is 4.90 Å². The van der Waals surface area contributed by atoms with Crippen molar-refractivity contribution >= 4 is 11.9 Å². The molecule has 1 rings (SSSR count). The van der Waals surface area contributed by atoms with E-state index in [4.69, 9.17) is 5.11 Å². The number of hydrogen-bond acceptors (Lipinski definition) is 3. The second-order valence-electron chi connectivity index (χ2n) is 5.34. The van der Waals surface area contributed by atoms with Crippen LogP contribution in [0, 0.1) is 5.92 Å². The minimum Gasteiger partial charge on any atom is -0.481 e. The summed E-state index contributed by atoms with van der Waals surface area (Å²) in [7, 11) is 3.54. The molecule has 1 saturated heterocycles. The quantitative estimate of drug-likeness (QED) is 0.798. The second kappa shape index (κ2) is 6.73. The zero-order valence-electron chi connectivity index (χ0n) is 11.6. The lowest BCUT2D eigenvalue weighted by atomic mass is 9.92.